The third kappa shape index (κ3) is 34.0. The molecule has 0 fully saturated rings. The van der Waals surface area contributed by atoms with Crippen LogP contribution in [-0.2, 0) is 52.3 Å². The van der Waals surface area contributed by atoms with Crippen molar-refractivity contribution in [3.63, 3.8) is 0 Å². The number of aliphatic carboxylic acids is 1. The molecule has 0 unspecified atom stereocenters. The smallest absolute Gasteiger partial charge is 2.00 e. The zero-order valence-corrected chi connectivity index (χ0v) is 19.6. The molecular weight excluding hydrogens is 401 g/mol. The Hall–Kier alpha value is 0.533. The van der Waals surface area contributed by atoms with Crippen LogP contribution in [0.15, 0.2) is 0 Å². The molecule has 0 rings (SSSR count). The van der Waals surface area contributed by atoms with Crippen molar-refractivity contribution >= 4 is 5.97 Å². The number of rotatable bonds is 16. The summed E-state index contributed by atoms with van der Waals surface area (Å²) in [5, 5.41) is 8.52. The largest absolute Gasteiger partial charge is 2.00 e. The molecule has 0 aromatic heterocycles. The molecule has 1 N–H and O–H groups in total. The average Bonchev–Trinajstić information content (AvgIpc) is 2.43. The maximum atomic E-state index is 10.3. The van der Waals surface area contributed by atoms with Gasteiger partial charge in [0.15, 0.2) is 0 Å². The van der Waals surface area contributed by atoms with Gasteiger partial charge in [0, 0.05) is 6.42 Å². The Morgan fingerprint density at radius 2 is 0.875 bits per heavy atom. The Morgan fingerprint density at radius 3 is 1.12 bits per heavy atom. The standard InChI is InChI=1S/C18H36O2.Fe.2O.Zn/c1-2-3-4-5-6-7-8-9-10-11-12-13-14-15-16-17-18(19)20;;;;/h2-17H2,1H3,(H,19,20);;;;/q;+2;2*-2;+2. The van der Waals surface area contributed by atoms with Gasteiger partial charge in [0.05, 0.1) is 0 Å². The SMILES string of the molecule is CCCCCCCCCCCCCCCCCC(=O)O.[Fe+2].[O-2].[O-2].[Zn+2]. The van der Waals surface area contributed by atoms with Crippen LogP contribution >= 0.6 is 0 Å². The molecule has 0 aliphatic heterocycles. The summed E-state index contributed by atoms with van der Waals surface area (Å²) in [6.45, 7) is 2.27. The molecule has 0 atom stereocenters. The van der Waals surface area contributed by atoms with Crippen molar-refractivity contribution < 1.29 is 57.4 Å². The summed E-state index contributed by atoms with van der Waals surface area (Å²) < 4.78 is 0. The number of carbonyl (C=O) groups is 1. The molecular formula is C18H36FeO4Zn. The van der Waals surface area contributed by atoms with E-state index in [0.717, 1.165) is 12.8 Å². The van der Waals surface area contributed by atoms with Crippen molar-refractivity contribution in [2.24, 2.45) is 0 Å². The first-order chi connectivity index (χ1) is 9.77. The van der Waals surface area contributed by atoms with Gasteiger partial charge in [-0.2, -0.15) is 0 Å². The zero-order chi connectivity index (χ0) is 14.9. The van der Waals surface area contributed by atoms with Crippen LogP contribution in [0.25, 0.3) is 0 Å². The Balaban J connectivity index is -0.000000301. The molecule has 0 saturated heterocycles. The average molecular weight is 438 g/mol. The van der Waals surface area contributed by atoms with Gasteiger partial charge >= 0.3 is 42.5 Å². The van der Waals surface area contributed by atoms with Crippen LogP contribution < -0.4 is 0 Å². The first-order valence-corrected chi connectivity index (χ1v) is 8.99. The van der Waals surface area contributed by atoms with E-state index in [9.17, 15) is 4.79 Å². The van der Waals surface area contributed by atoms with Crippen molar-refractivity contribution in [1.29, 1.82) is 0 Å². The van der Waals surface area contributed by atoms with E-state index in [2.05, 4.69) is 6.92 Å². The minimum atomic E-state index is -0.653. The van der Waals surface area contributed by atoms with Gasteiger partial charge in [-0.3, -0.25) is 4.79 Å². The fourth-order valence-corrected chi connectivity index (χ4v) is 2.65. The first kappa shape index (κ1) is 35.6. The molecule has 0 aliphatic carbocycles. The van der Waals surface area contributed by atoms with Crippen molar-refractivity contribution in [2.75, 3.05) is 0 Å². The van der Waals surface area contributed by atoms with Crippen LogP contribution in [-0.4, -0.2) is 11.1 Å². The first-order valence-electron chi connectivity index (χ1n) is 8.99. The van der Waals surface area contributed by atoms with Gasteiger partial charge < -0.3 is 16.1 Å². The van der Waals surface area contributed by atoms with Gasteiger partial charge in [0.2, 0.25) is 0 Å². The predicted octanol–water partition coefficient (Wildman–Crippen LogP) is 6.09. The molecule has 0 spiro atoms. The molecule has 0 aromatic carbocycles. The number of hydrogen-bond acceptors (Lipinski definition) is 1. The molecule has 0 bridgehead atoms. The summed E-state index contributed by atoms with van der Waals surface area (Å²) in [6.07, 6.45) is 20.2. The summed E-state index contributed by atoms with van der Waals surface area (Å²) >= 11 is 0. The van der Waals surface area contributed by atoms with Crippen LogP contribution in [0.2, 0.25) is 0 Å². The molecule has 4 nitrogen and oxygen atoms in total. The van der Waals surface area contributed by atoms with E-state index in [4.69, 9.17) is 5.11 Å². The van der Waals surface area contributed by atoms with E-state index in [0.29, 0.717) is 6.42 Å². The number of unbranched alkanes of at least 4 members (excludes halogenated alkanes) is 14. The molecule has 0 saturated carbocycles. The van der Waals surface area contributed by atoms with Crippen molar-refractivity contribution in [2.45, 2.75) is 110 Å². The monoisotopic (exact) mass is 436 g/mol. The molecule has 0 aromatic rings. The summed E-state index contributed by atoms with van der Waals surface area (Å²) in [5.74, 6) is -0.653. The van der Waals surface area contributed by atoms with E-state index < -0.39 is 5.97 Å². The molecule has 0 radical (unpaired) electrons. The Morgan fingerprint density at radius 1 is 0.625 bits per heavy atom. The third-order valence-electron chi connectivity index (χ3n) is 3.99. The van der Waals surface area contributed by atoms with E-state index in [1.165, 1.54) is 83.5 Å². The summed E-state index contributed by atoms with van der Waals surface area (Å²) in [6, 6.07) is 0. The van der Waals surface area contributed by atoms with Crippen LogP contribution in [0.3, 0.4) is 0 Å². The zero-order valence-electron chi connectivity index (χ0n) is 15.5. The van der Waals surface area contributed by atoms with Gasteiger partial charge in [-0.05, 0) is 6.42 Å². The predicted molar refractivity (Wildman–Crippen MR) is 88.6 cm³/mol. The van der Waals surface area contributed by atoms with Gasteiger partial charge in [-0.25, -0.2) is 0 Å². The molecule has 0 heterocycles. The van der Waals surface area contributed by atoms with E-state index >= 15 is 0 Å². The second kappa shape index (κ2) is 31.3. The minimum absolute atomic E-state index is 0. The maximum Gasteiger partial charge on any atom is 2.00 e. The second-order valence-electron chi connectivity index (χ2n) is 6.09. The van der Waals surface area contributed by atoms with Crippen molar-refractivity contribution in [3.05, 3.63) is 0 Å². The fraction of sp³-hybridized carbons (Fsp3) is 0.944. The van der Waals surface area contributed by atoms with Crippen LogP contribution in [0, 0.1) is 0 Å². The molecule has 24 heavy (non-hydrogen) atoms. The normalized spacial score (nSPS) is 9.04. The Labute approximate surface area is 172 Å². The topological polar surface area (TPSA) is 94.3 Å². The quantitative estimate of drug-likeness (QED) is 0.233. The summed E-state index contributed by atoms with van der Waals surface area (Å²) in [5.41, 5.74) is 0. The van der Waals surface area contributed by atoms with Crippen molar-refractivity contribution in [1.82, 2.24) is 0 Å². The van der Waals surface area contributed by atoms with Gasteiger partial charge in [-0.15, -0.1) is 0 Å². The van der Waals surface area contributed by atoms with Gasteiger partial charge in [0.25, 0.3) is 0 Å². The summed E-state index contributed by atoms with van der Waals surface area (Å²) in [7, 11) is 0. The third-order valence-corrected chi connectivity index (χ3v) is 3.99. The van der Waals surface area contributed by atoms with E-state index in [-0.39, 0.29) is 47.5 Å². The second-order valence-corrected chi connectivity index (χ2v) is 6.09. The number of carboxylic acid groups (broad SMARTS) is 1. The van der Waals surface area contributed by atoms with E-state index in [1.807, 2.05) is 0 Å². The van der Waals surface area contributed by atoms with Crippen LogP contribution in [0.1, 0.15) is 110 Å². The van der Waals surface area contributed by atoms with Gasteiger partial charge in [-0.1, -0.05) is 96.8 Å². The maximum absolute atomic E-state index is 10.3. The minimum Gasteiger partial charge on any atom is -2.00 e. The van der Waals surface area contributed by atoms with E-state index in [1.54, 1.807) is 0 Å². The molecule has 0 amide bonds. The fourth-order valence-electron chi connectivity index (χ4n) is 2.65. The van der Waals surface area contributed by atoms with Gasteiger partial charge in [0.1, 0.15) is 0 Å². The number of carboxylic acids is 1. The number of hydrogen-bond donors (Lipinski definition) is 1. The summed E-state index contributed by atoms with van der Waals surface area (Å²) in [4.78, 5) is 10.3. The Bertz CT molecular complexity index is 219. The molecule has 142 valence electrons. The van der Waals surface area contributed by atoms with Crippen LogP contribution in [0.4, 0.5) is 0 Å². The molecule has 6 heteroatoms. The Kier molecular flexibility index (Phi) is 46.5. The van der Waals surface area contributed by atoms with Crippen LogP contribution in [0.5, 0.6) is 0 Å². The van der Waals surface area contributed by atoms with Crippen molar-refractivity contribution in [3.8, 4) is 0 Å². The molecule has 0 aliphatic rings.